The molecule has 0 saturated carbocycles. The van der Waals surface area contributed by atoms with Crippen LogP contribution in [0, 0.1) is 0 Å². The number of aliphatic hydroxyl groups is 1. The van der Waals surface area contributed by atoms with Gasteiger partial charge in [-0.05, 0) is 161 Å². The zero-order valence-electron chi connectivity index (χ0n) is 66.6. The molecule has 0 spiro atoms. The van der Waals surface area contributed by atoms with Crippen LogP contribution in [0.15, 0.2) is 134 Å². The predicted octanol–water partition coefficient (Wildman–Crippen LogP) is 24.4. The van der Waals surface area contributed by atoms with Crippen LogP contribution < -0.4 is 0 Å². The molecule has 3 N–H and O–H groups in total. The number of hydrogen-bond acceptors (Lipinski definition) is 15. The zero-order valence-corrected chi connectivity index (χ0v) is 68.4. The minimum atomic E-state index is -4.99. The summed E-state index contributed by atoms with van der Waals surface area (Å²) in [6, 6.07) is 0. The number of rotatable bonds is 77. The van der Waals surface area contributed by atoms with E-state index < -0.39 is 97.5 Å². The molecule has 5 unspecified atom stereocenters. The fourth-order valence-electron chi connectivity index (χ4n) is 10.8. The fraction of sp³-hybridized carbons (Fsp3) is 0.701. The second-order valence-electron chi connectivity index (χ2n) is 27.3. The summed E-state index contributed by atoms with van der Waals surface area (Å²) in [5.41, 5.74) is 0. The van der Waals surface area contributed by atoms with Gasteiger partial charge in [0.1, 0.15) is 19.3 Å². The molecular weight excluding hydrogens is 1380 g/mol. The van der Waals surface area contributed by atoms with Crippen LogP contribution in [0.2, 0.25) is 0 Å². The Morgan fingerprint density at radius 1 is 0.274 bits per heavy atom. The Morgan fingerprint density at radius 2 is 0.491 bits per heavy atom. The van der Waals surface area contributed by atoms with Gasteiger partial charge in [0.25, 0.3) is 0 Å². The minimum absolute atomic E-state index is 0.0739. The Kier molecular flexibility index (Phi) is 74.8. The molecule has 0 aliphatic heterocycles. The van der Waals surface area contributed by atoms with Crippen LogP contribution in [0.4, 0.5) is 0 Å². The number of hydrogen-bond donors (Lipinski definition) is 3. The molecular formula is C87H148O17P2. The number of phosphoric ester groups is 2. The molecule has 608 valence electrons. The van der Waals surface area contributed by atoms with Crippen molar-refractivity contribution in [1.29, 1.82) is 0 Å². The molecule has 0 aliphatic carbocycles. The molecule has 106 heavy (non-hydrogen) atoms. The van der Waals surface area contributed by atoms with E-state index in [1.807, 2.05) is 0 Å². The van der Waals surface area contributed by atoms with E-state index in [0.29, 0.717) is 25.7 Å². The van der Waals surface area contributed by atoms with E-state index in [-0.39, 0.29) is 25.7 Å². The van der Waals surface area contributed by atoms with Crippen LogP contribution in [0.3, 0.4) is 0 Å². The predicted molar refractivity (Wildman–Crippen MR) is 436 cm³/mol. The van der Waals surface area contributed by atoms with E-state index in [1.54, 1.807) is 0 Å². The lowest BCUT2D eigenvalue weighted by Crippen LogP contribution is -2.30. The van der Waals surface area contributed by atoms with Gasteiger partial charge in [0.05, 0.1) is 26.4 Å². The maximum absolute atomic E-state index is 13.1. The normalized spacial score (nSPS) is 14.5. The molecule has 0 saturated heterocycles. The van der Waals surface area contributed by atoms with E-state index >= 15 is 0 Å². The van der Waals surface area contributed by atoms with Crippen LogP contribution in [-0.2, 0) is 65.4 Å². The zero-order chi connectivity index (χ0) is 77.4. The lowest BCUT2D eigenvalue weighted by atomic mass is 10.1. The largest absolute Gasteiger partial charge is 0.472 e. The van der Waals surface area contributed by atoms with Crippen LogP contribution in [0.5, 0.6) is 0 Å². The number of aliphatic hydroxyl groups excluding tert-OH is 1. The molecule has 0 aromatic carbocycles. The lowest BCUT2D eigenvalue weighted by Gasteiger charge is -2.21. The number of carbonyl (C=O) groups is 4. The first-order valence-corrected chi connectivity index (χ1v) is 44.4. The molecule has 0 bridgehead atoms. The molecule has 0 aliphatic rings. The van der Waals surface area contributed by atoms with E-state index in [1.165, 1.54) is 38.5 Å². The first-order chi connectivity index (χ1) is 51.7. The molecule has 19 heteroatoms. The van der Waals surface area contributed by atoms with E-state index in [2.05, 4.69) is 161 Å². The van der Waals surface area contributed by atoms with Crippen molar-refractivity contribution in [2.24, 2.45) is 0 Å². The van der Waals surface area contributed by atoms with Gasteiger partial charge >= 0.3 is 39.5 Å². The van der Waals surface area contributed by atoms with Crippen molar-refractivity contribution in [3.63, 3.8) is 0 Å². The third-order valence-corrected chi connectivity index (χ3v) is 19.0. The monoisotopic (exact) mass is 1530 g/mol. The quantitative estimate of drug-likeness (QED) is 0.0169. The maximum Gasteiger partial charge on any atom is 0.472 e. The summed E-state index contributed by atoms with van der Waals surface area (Å²) in [6.07, 6.45) is 88.4. The molecule has 5 atom stereocenters. The Morgan fingerprint density at radius 3 is 0.755 bits per heavy atom. The van der Waals surface area contributed by atoms with Crippen molar-refractivity contribution < 1.29 is 80.2 Å². The number of unbranched alkanes of at least 4 members (excludes halogenated alkanes) is 29. The van der Waals surface area contributed by atoms with E-state index in [9.17, 15) is 43.2 Å². The molecule has 17 nitrogen and oxygen atoms in total. The highest BCUT2D eigenvalue weighted by atomic mass is 31.2. The van der Waals surface area contributed by atoms with Crippen LogP contribution in [-0.4, -0.2) is 96.7 Å². The van der Waals surface area contributed by atoms with E-state index in [4.69, 9.17) is 37.0 Å². The molecule has 0 aromatic rings. The first-order valence-electron chi connectivity index (χ1n) is 41.4. The van der Waals surface area contributed by atoms with Crippen LogP contribution in [0.1, 0.15) is 336 Å². The number of allylic oxidation sites excluding steroid dienone is 22. The standard InChI is InChI=1S/C87H148O17P2/c1-5-9-13-17-21-25-29-33-37-39-40-42-45-48-52-56-60-64-68-72-85(90)98-78-83(104-87(92)74-70-66-62-58-54-50-46-41-38-34-30-26-22-18-14-10-6-2)80-102-106(95,96)100-76-81(88)75-99-105(93,94)101-79-82(103-86(91)73-69-65-61-57-53-49-44-36-32-28-24-20-16-12-8-4)77-97-84(89)71-67-63-59-55-51-47-43-35-31-27-23-19-15-11-7-3/h9-10,13-14,21-28,33-38,40,42-44,81-83,88H,5-8,11-12,15-20,29-32,39,41,45-80H2,1-4H3,(H,93,94)(H,95,96)/b13-9-,14-10-,25-21-,26-22-,27-23-,28-24-,37-33-,38-34-,42-40-,43-35-,44-36-. The average Bonchev–Trinajstić information content (AvgIpc) is 0.902. The highest BCUT2D eigenvalue weighted by Gasteiger charge is 2.30. The highest BCUT2D eigenvalue weighted by Crippen LogP contribution is 2.45. The Labute approximate surface area is 644 Å². The Bertz CT molecular complexity index is 2530. The van der Waals surface area contributed by atoms with Gasteiger partial charge < -0.3 is 33.8 Å². The summed E-state index contributed by atoms with van der Waals surface area (Å²) < 4.78 is 68.7. The number of phosphoric acid groups is 2. The second-order valence-corrected chi connectivity index (χ2v) is 30.2. The molecule has 0 amide bonds. The van der Waals surface area contributed by atoms with E-state index in [0.717, 1.165) is 218 Å². The van der Waals surface area contributed by atoms with Crippen molar-refractivity contribution in [3.05, 3.63) is 134 Å². The number of esters is 4. The van der Waals surface area contributed by atoms with Gasteiger partial charge in [-0.15, -0.1) is 0 Å². The van der Waals surface area contributed by atoms with Gasteiger partial charge in [0, 0.05) is 25.7 Å². The maximum atomic E-state index is 13.1. The lowest BCUT2D eigenvalue weighted by molar-refractivity contribution is -0.161. The summed E-state index contributed by atoms with van der Waals surface area (Å²) in [6.45, 7) is 4.57. The summed E-state index contributed by atoms with van der Waals surface area (Å²) >= 11 is 0. The topological polar surface area (TPSA) is 237 Å². The molecule has 0 aromatic heterocycles. The summed E-state index contributed by atoms with van der Waals surface area (Å²) in [5, 5.41) is 10.7. The van der Waals surface area contributed by atoms with Crippen molar-refractivity contribution in [2.45, 2.75) is 354 Å². The third-order valence-electron chi connectivity index (χ3n) is 17.1. The van der Waals surface area contributed by atoms with Gasteiger partial charge in [-0.1, -0.05) is 283 Å². The van der Waals surface area contributed by atoms with Crippen molar-refractivity contribution in [1.82, 2.24) is 0 Å². The third kappa shape index (κ3) is 77.4. The molecule has 0 radical (unpaired) electrons. The number of ether oxygens (including phenoxy) is 4. The highest BCUT2D eigenvalue weighted by molar-refractivity contribution is 7.47. The summed E-state index contributed by atoms with van der Waals surface area (Å²) in [4.78, 5) is 73.2. The fourth-order valence-corrected chi connectivity index (χ4v) is 12.4. The van der Waals surface area contributed by atoms with Gasteiger partial charge in [-0.25, -0.2) is 9.13 Å². The van der Waals surface area contributed by atoms with Gasteiger partial charge in [-0.2, -0.15) is 0 Å². The summed E-state index contributed by atoms with van der Waals surface area (Å²) in [7, 11) is -9.98. The Balaban J connectivity index is 5.41. The minimum Gasteiger partial charge on any atom is -0.462 e. The van der Waals surface area contributed by atoms with Gasteiger partial charge in [0.15, 0.2) is 12.2 Å². The first kappa shape index (κ1) is 101. The second kappa shape index (κ2) is 78.3. The van der Waals surface area contributed by atoms with Crippen molar-refractivity contribution in [3.8, 4) is 0 Å². The molecule has 0 heterocycles. The average molecular weight is 1530 g/mol. The van der Waals surface area contributed by atoms with Crippen LogP contribution >= 0.6 is 15.6 Å². The number of carbonyl (C=O) groups excluding carboxylic acids is 4. The molecule has 0 fully saturated rings. The van der Waals surface area contributed by atoms with Crippen molar-refractivity contribution >= 4 is 39.5 Å². The summed E-state index contributed by atoms with van der Waals surface area (Å²) in [5.74, 6) is -2.22. The SMILES string of the molecule is CC/C=C\C/C=C\C/C=C\C/C=C\CCCCCCCCC(=O)OCC(COP(=O)(O)OCC(O)COP(=O)(O)OCC(COC(=O)CCCCCCC/C=C\C/C=C\CCCCC)OC(=O)CCCCCCC/C=C\C/C=C\CCCCC)OC(=O)CCCCCCCCC/C=C\C/C=C\C/C=C\CC. The van der Waals surface area contributed by atoms with Gasteiger partial charge in [-0.3, -0.25) is 37.3 Å². The van der Waals surface area contributed by atoms with Crippen molar-refractivity contribution in [2.75, 3.05) is 39.6 Å². The smallest absolute Gasteiger partial charge is 0.462 e. The molecule has 0 rings (SSSR count). The van der Waals surface area contributed by atoms with Crippen LogP contribution in [0.25, 0.3) is 0 Å². The van der Waals surface area contributed by atoms with Gasteiger partial charge in [0.2, 0.25) is 0 Å². The Hall–Kier alpha value is -4.80.